The maximum atomic E-state index is 13.7. The highest BCUT2D eigenvalue weighted by atomic mass is 32.2. The molecule has 1 heterocycles. The second-order valence-corrected chi connectivity index (χ2v) is 9.34. The van der Waals surface area contributed by atoms with Crippen molar-refractivity contribution in [3.63, 3.8) is 0 Å². The van der Waals surface area contributed by atoms with Crippen molar-refractivity contribution in [2.24, 2.45) is 5.41 Å². The van der Waals surface area contributed by atoms with Crippen molar-refractivity contribution in [3.05, 3.63) is 0 Å². The highest BCUT2D eigenvalue weighted by molar-refractivity contribution is 7.86. The van der Waals surface area contributed by atoms with Gasteiger partial charge in [0.15, 0.2) is 0 Å². The van der Waals surface area contributed by atoms with Gasteiger partial charge in [0.1, 0.15) is 0 Å². The molecule has 0 spiro atoms. The third-order valence-electron chi connectivity index (χ3n) is 5.11. The summed E-state index contributed by atoms with van der Waals surface area (Å²) in [4.78, 5) is 12.4. The maximum Gasteiger partial charge on any atom is 0.432 e. The molecule has 2 rings (SSSR count). The molecule has 0 radical (unpaired) electrons. The minimum Gasteiger partial charge on any atom is -0.444 e. The van der Waals surface area contributed by atoms with Crippen LogP contribution in [0, 0.1) is 5.41 Å². The van der Waals surface area contributed by atoms with Crippen LogP contribution in [0.15, 0.2) is 0 Å². The SMILES string of the molecule is CC1CCC2(O)CC(CC(C)(C(=O)OC(C(F)(F)F)C(F)(F)S(=O)(=O)O)C2)O1. The van der Waals surface area contributed by atoms with Gasteiger partial charge in [-0.15, -0.1) is 0 Å². The number of carbonyl (C=O) groups excluding carboxylic acids is 1. The van der Waals surface area contributed by atoms with E-state index in [1.54, 1.807) is 6.92 Å². The van der Waals surface area contributed by atoms with Gasteiger partial charge < -0.3 is 14.6 Å². The third kappa shape index (κ3) is 4.57. The van der Waals surface area contributed by atoms with Gasteiger partial charge in [-0.05, 0) is 39.5 Å². The Morgan fingerprint density at radius 2 is 1.82 bits per heavy atom. The fourth-order valence-electron chi connectivity index (χ4n) is 3.89. The van der Waals surface area contributed by atoms with Crippen LogP contribution >= 0.6 is 0 Å². The number of aliphatic hydroxyl groups is 1. The lowest BCUT2D eigenvalue weighted by atomic mass is 9.66. The number of fused-ring (bicyclic) bond motifs is 2. The van der Waals surface area contributed by atoms with Crippen molar-refractivity contribution in [2.45, 2.75) is 81.3 Å². The molecule has 13 heteroatoms. The highest BCUT2D eigenvalue weighted by Crippen LogP contribution is 2.49. The highest BCUT2D eigenvalue weighted by Gasteiger charge is 2.67. The molecule has 7 nitrogen and oxygen atoms in total. The Bertz CT molecular complexity index is 725. The van der Waals surface area contributed by atoms with Gasteiger partial charge in [0.05, 0.1) is 23.2 Å². The molecule has 2 N–H and O–H groups in total. The molecule has 1 saturated carbocycles. The minimum atomic E-state index is -6.53. The Morgan fingerprint density at radius 1 is 1.25 bits per heavy atom. The number of hydrogen-bond acceptors (Lipinski definition) is 6. The van der Waals surface area contributed by atoms with Gasteiger partial charge >= 0.3 is 27.5 Å². The molecular formula is C15H21F5O7S. The second-order valence-electron chi connectivity index (χ2n) is 7.84. The van der Waals surface area contributed by atoms with Gasteiger partial charge in [0, 0.05) is 6.42 Å². The summed E-state index contributed by atoms with van der Waals surface area (Å²) in [6.45, 7) is 2.84. The topological polar surface area (TPSA) is 110 Å². The summed E-state index contributed by atoms with van der Waals surface area (Å²) >= 11 is 0. The maximum absolute atomic E-state index is 13.7. The molecule has 0 amide bonds. The largest absolute Gasteiger partial charge is 0.444 e. The van der Waals surface area contributed by atoms with E-state index in [4.69, 9.17) is 9.29 Å². The van der Waals surface area contributed by atoms with Crippen LogP contribution in [0.2, 0.25) is 0 Å². The van der Waals surface area contributed by atoms with E-state index in [9.17, 15) is 40.3 Å². The van der Waals surface area contributed by atoms with E-state index in [2.05, 4.69) is 4.74 Å². The Kier molecular flexibility index (Phi) is 5.83. The Morgan fingerprint density at radius 3 is 2.32 bits per heavy atom. The molecule has 28 heavy (non-hydrogen) atoms. The van der Waals surface area contributed by atoms with E-state index in [0.29, 0.717) is 6.42 Å². The summed E-state index contributed by atoms with van der Waals surface area (Å²) < 4.78 is 106. The second kappa shape index (κ2) is 7.03. The first kappa shape index (κ1) is 23.2. The van der Waals surface area contributed by atoms with Gasteiger partial charge in [-0.3, -0.25) is 9.35 Å². The Hall–Kier alpha value is -1.05. The molecule has 1 aliphatic heterocycles. The summed E-state index contributed by atoms with van der Waals surface area (Å²) in [5.41, 5.74) is -3.30. The summed E-state index contributed by atoms with van der Waals surface area (Å²) in [6, 6.07) is 0. The average molecular weight is 440 g/mol. The number of alkyl halides is 5. The molecule has 1 aliphatic carbocycles. The molecule has 0 aromatic carbocycles. The van der Waals surface area contributed by atoms with Crippen LogP contribution in [-0.4, -0.2) is 59.4 Å². The first-order valence-corrected chi connectivity index (χ1v) is 9.84. The third-order valence-corrected chi connectivity index (χ3v) is 6.01. The van der Waals surface area contributed by atoms with Crippen LogP contribution in [0.5, 0.6) is 0 Å². The van der Waals surface area contributed by atoms with Crippen molar-refractivity contribution in [1.82, 2.24) is 0 Å². The molecule has 2 bridgehead atoms. The molecule has 2 fully saturated rings. The van der Waals surface area contributed by atoms with Crippen molar-refractivity contribution in [2.75, 3.05) is 0 Å². The van der Waals surface area contributed by atoms with Crippen LogP contribution in [0.3, 0.4) is 0 Å². The predicted octanol–water partition coefficient (Wildman–Crippen LogP) is 2.43. The van der Waals surface area contributed by atoms with Crippen LogP contribution in [-0.2, 0) is 24.4 Å². The molecule has 2 aliphatic rings. The summed E-state index contributed by atoms with van der Waals surface area (Å²) in [5.74, 6) is -1.76. The van der Waals surface area contributed by atoms with Crippen molar-refractivity contribution in [1.29, 1.82) is 0 Å². The van der Waals surface area contributed by atoms with E-state index in [0.717, 1.165) is 6.92 Å². The summed E-state index contributed by atoms with van der Waals surface area (Å²) in [5, 5.41) is 4.87. The van der Waals surface area contributed by atoms with Crippen molar-refractivity contribution in [3.8, 4) is 0 Å². The lowest BCUT2D eigenvalue weighted by Crippen LogP contribution is -2.55. The Labute approximate surface area is 157 Å². The zero-order valence-electron chi connectivity index (χ0n) is 15.0. The van der Waals surface area contributed by atoms with Crippen LogP contribution < -0.4 is 0 Å². The van der Waals surface area contributed by atoms with Gasteiger partial charge in [-0.2, -0.15) is 30.4 Å². The van der Waals surface area contributed by atoms with Crippen LogP contribution in [0.25, 0.3) is 0 Å². The average Bonchev–Trinajstić information content (AvgIpc) is 2.57. The zero-order chi connectivity index (χ0) is 21.8. The molecule has 164 valence electrons. The standard InChI is InChI=1S/C15H21F5O7S/c1-8-3-4-13(22)6-9(26-8)5-12(2,7-13)11(21)27-10(14(16,17)18)15(19,20)28(23,24)25/h8-10,22H,3-7H2,1-2H3,(H,23,24,25). The van der Waals surface area contributed by atoms with Gasteiger partial charge in [-0.1, -0.05) is 0 Å². The zero-order valence-corrected chi connectivity index (χ0v) is 15.8. The number of hydrogen-bond donors (Lipinski definition) is 2. The van der Waals surface area contributed by atoms with Crippen molar-refractivity contribution < 1.29 is 54.3 Å². The number of ether oxygens (including phenoxy) is 2. The molecule has 0 aromatic rings. The van der Waals surface area contributed by atoms with Crippen LogP contribution in [0.1, 0.15) is 46.0 Å². The lowest BCUT2D eigenvalue weighted by Gasteiger charge is -2.44. The van der Waals surface area contributed by atoms with Crippen molar-refractivity contribution >= 4 is 16.1 Å². The first-order chi connectivity index (χ1) is 12.4. The quantitative estimate of drug-likeness (QED) is 0.393. The Balaban J connectivity index is 2.33. The lowest BCUT2D eigenvalue weighted by molar-refractivity contribution is -0.265. The number of halogens is 5. The van der Waals surface area contributed by atoms with Gasteiger partial charge in [0.2, 0.25) is 0 Å². The minimum absolute atomic E-state index is 0.115. The molecule has 0 aromatic heterocycles. The molecule has 1 saturated heterocycles. The van der Waals surface area contributed by atoms with Gasteiger partial charge in [0.25, 0.3) is 6.10 Å². The summed E-state index contributed by atoms with van der Waals surface area (Å²) in [6.07, 6.45) is -11.3. The van der Waals surface area contributed by atoms with Gasteiger partial charge in [-0.25, -0.2) is 0 Å². The smallest absolute Gasteiger partial charge is 0.432 e. The van der Waals surface area contributed by atoms with E-state index in [-0.39, 0.29) is 31.8 Å². The van der Waals surface area contributed by atoms with Crippen LogP contribution in [0.4, 0.5) is 22.0 Å². The number of carbonyl (C=O) groups is 1. The molecule has 5 atom stereocenters. The normalized spacial score (nSPS) is 35.8. The van der Waals surface area contributed by atoms with E-state index < -0.39 is 50.7 Å². The van der Waals surface area contributed by atoms with E-state index in [1.807, 2.05) is 0 Å². The molecule has 5 unspecified atom stereocenters. The first-order valence-electron chi connectivity index (χ1n) is 8.40. The summed E-state index contributed by atoms with van der Waals surface area (Å²) in [7, 11) is -6.53. The monoisotopic (exact) mass is 440 g/mol. The number of esters is 1. The number of rotatable bonds is 4. The van der Waals surface area contributed by atoms with E-state index >= 15 is 0 Å². The predicted molar refractivity (Wildman–Crippen MR) is 82.9 cm³/mol. The van der Waals surface area contributed by atoms with E-state index in [1.165, 1.54) is 0 Å². The fraction of sp³-hybridized carbons (Fsp3) is 0.933. The fourth-order valence-corrected chi connectivity index (χ4v) is 4.34. The molecular weight excluding hydrogens is 419 g/mol.